The molecule has 1 unspecified atom stereocenters. The number of rotatable bonds is 12. The Bertz CT molecular complexity index is 1430. The fourth-order valence-corrected chi connectivity index (χ4v) is 6.35. The van der Waals surface area contributed by atoms with E-state index in [9.17, 15) is 18.0 Å². The lowest BCUT2D eigenvalue weighted by Gasteiger charge is -2.34. The number of hydrogen-bond donors (Lipinski definition) is 1. The molecule has 0 radical (unpaired) electrons. The van der Waals surface area contributed by atoms with Crippen LogP contribution in [0.1, 0.15) is 37.8 Å². The van der Waals surface area contributed by atoms with Crippen LogP contribution in [-0.2, 0) is 26.2 Å². The summed E-state index contributed by atoms with van der Waals surface area (Å²) in [6.45, 7) is 5.26. The van der Waals surface area contributed by atoms with Crippen LogP contribution in [-0.4, -0.2) is 44.3 Å². The Morgan fingerprint density at radius 3 is 2.10 bits per heavy atom. The molecule has 1 N–H and O–H groups in total. The van der Waals surface area contributed by atoms with Gasteiger partial charge in [-0.05, 0) is 67.8 Å². The van der Waals surface area contributed by atoms with Crippen LogP contribution in [0, 0.1) is 6.92 Å². The molecule has 0 aliphatic heterocycles. The lowest BCUT2D eigenvalue weighted by molar-refractivity contribution is -0.140. The Kier molecular flexibility index (Phi) is 11.3. The lowest BCUT2D eigenvalue weighted by Crippen LogP contribution is -2.52. The second kappa shape index (κ2) is 14.2. The third-order valence-corrected chi connectivity index (χ3v) is 9.12. The van der Waals surface area contributed by atoms with E-state index in [0.717, 1.165) is 4.31 Å². The zero-order valence-corrected chi connectivity index (χ0v) is 25.6. The standard InChI is InChI=1S/C29H32Cl3N3O4S/c1-4-17-33-29(37)26(5-2)34(18-23-24(31)10-8-11-25(23)32)28(36)19-35(27-12-7-6-9-20(27)3)40(38,39)22-15-13-21(30)14-16-22/h6-16,26H,4-5,17-19H2,1-3H3,(H,33,37). The van der Waals surface area contributed by atoms with Gasteiger partial charge >= 0.3 is 0 Å². The third-order valence-electron chi connectivity index (χ3n) is 6.39. The van der Waals surface area contributed by atoms with E-state index in [4.69, 9.17) is 34.8 Å². The van der Waals surface area contributed by atoms with Crippen molar-refractivity contribution in [3.05, 3.63) is 92.9 Å². The highest BCUT2D eigenvalue weighted by atomic mass is 35.5. The molecule has 3 aromatic rings. The first-order chi connectivity index (χ1) is 19.0. The lowest BCUT2D eigenvalue weighted by atomic mass is 10.1. The molecule has 3 rings (SSSR count). The molecule has 214 valence electrons. The zero-order chi connectivity index (χ0) is 29.4. The Balaban J connectivity index is 2.10. The van der Waals surface area contributed by atoms with Gasteiger partial charge in [-0.3, -0.25) is 13.9 Å². The van der Waals surface area contributed by atoms with Crippen LogP contribution in [0.25, 0.3) is 0 Å². The number of aryl methyl sites for hydroxylation is 1. The van der Waals surface area contributed by atoms with E-state index in [0.29, 0.717) is 44.8 Å². The van der Waals surface area contributed by atoms with Crippen LogP contribution >= 0.6 is 34.8 Å². The van der Waals surface area contributed by atoms with E-state index in [1.165, 1.54) is 29.2 Å². The van der Waals surface area contributed by atoms with Crippen LogP contribution < -0.4 is 9.62 Å². The summed E-state index contributed by atoms with van der Waals surface area (Å²) in [6, 6.07) is 16.7. The SMILES string of the molecule is CCCNC(=O)C(CC)N(Cc1c(Cl)cccc1Cl)C(=O)CN(c1ccccc1C)S(=O)(=O)c1ccc(Cl)cc1. The van der Waals surface area contributed by atoms with Gasteiger partial charge in [0.05, 0.1) is 10.6 Å². The highest BCUT2D eigenvalue weighted by molar-refractivity contribution is 7.92. The normalized spacial score (nSPS) is 12.1. The molecule has 0 aliphatic rings. The molecule has 0 fully saturated rings. The second-order valence-electron chi connectivity index (χ2n) is 9.19. The largest absolute Gasteiger partial charge is 0.354 e. The van der Waals surface area contributed by atoms with Gasteiger partial charge in [0.25, 0.3) is 10.0 Å². The molecule has 0 aliphatic carbocycles. The minimum absolute atomic E-state index is 0.0265. The predicted octanol–water partition coefficient (Wildman–Crippen LogP) is 6.48. The third kappa shape index (κ3) is 7.49. The number of amides is 2. The molecule has 0 aromatic heterocycles. The maximum absolute atomic E-state index is 14.1. The fraction of sp³-hybridized carbons (Fsp3) is 0.310. The number of sulfonamides is 1. The van der Waals surface area contributed by atoms with Crippen molar-refractivity contribution in [2.24, 2.45) is 0 Å². The van der Waals surface area contributed by atoms with Gasteiger partial charge in [-0.15, -0.1) is 0 Å². The number of carbonyl (C=O) groups is 2. The number of para-hydroxylation sites is 1. The summed E-state index contributed by atoms with van der Waals surface area (Å²) in [5.74, 6) is -0.931. The summed E-state index contributed by atoms with van der Waals surface area (Å²) >= 11 is 18.9. The van der Waals surface area contributed by atoms with Gasteiger partial charge in [0, 0.05) is 33.7 Å². The minimum Gasteiger partial charge on any atom is -0.354 e. The first-order valence-electron chi connectivity index (χ1n) is 12.8. The van der Waals surface area contributed by atoms with Gasteiger partial charge in [0.15, 0.2) is 0 Å². The van der Waals surface area contributed by atoms with Crippen molar-refractivity contribution in [1.82, 2.24) is 10.2 Å². The Morgan fingerprint density at radius 2 is 1.52 bits per heavy atom. The smallest absolute Gasteiger partial charge is 0.264 e. The van der Waals surface area contributed by atoms with Crippen LogP contribution in [0.15, 0.2) is 71.6 Å². The fourth-order valence-electron chi connectivity index (χ4n) is 4.23. The van der Waals surface area contributed by atoms with Gasteiger partial charge in [-0.1, -0.05) is 72.9 Å². The van der Waals surface area contributed by atoms with Gasteiger partial charge in [-0.25, -0.2) is 8.42 Å². The summed E-state index contributed by atoms with van der Waals surface area (Å²) in [6.07, 6.45) is 1.00. The number of nitrogens with zero attached hydrogens (tertiary/aromatic N) is 2. The van der Waals surface area contributed by atoms with Gasteiger partial charge in [-0.2, -0.15) is 0 Å². The highest BCUT2D eigenvalue weighted by Crippen LogP contribution is 2.30. The summed E-state index contributed by atoms with van der Waals surface area (Å²) in [7, 11) is -4.20. The van der Waals surface area contributed by atoms with E-state index in [1.54, 1.807) is 56.3 Å². The quantitative estimate of drug-likeness (QED) is 0.250. The molecule has 40 heavy (non-hydrogen) atoms. The van der Waals surface area contributed by atoms with Crippen LogP contribution in [0.2, 0.25) is 15.1 Å². The maximum Gasteiger partial charge on any atom is 0.264 e. The molecular weight excluding hydrogens is 593 g/mol. The molecular formula is C29H32Cl3N3O4S. The van der Waals surface area contributed by atoms with Gasteiger partial charge < -0.3 is 10.2 Å². The van der Waals surface area contributed by atoms with E-state index < -0.39 is 28.5 Å². The summed E-state index contributed by atoms with van der Waals surface area (Å²) in [4.78, 5) is 28.6. The Labute approximate surface area is 251 Å². The van der Waals surface area contributed by atoms with Gasteiger partial charge in [0.1, 0.15) is 12.6 Å². The zero-order valence-electron chi connectivity index (χ0n) is 22.5. The van der Waals surface area contributed by atoms with Crippen LogP contribution in [0.3, 0.4) is 0 Å². The van der Waals surface area contributed by atoms with Crippen molar-refractivity contribution in [2.75, 3.05) is 17.4 Å². The highest BCUT2D eigenvalue weighted by Gasteiger charge is 2.34. The van der Waals surface area contributed by atoms with Crippen LogP contribution in [0.4, 0.5) is 5.69 Å². The average molecular weight is 625 g/mol. The second-order valence-corrected chi connectivity index (χ2v) is 12.3. The molecule has 0 bridgehead atoms. The summed E-state index contributed by atoms with van der Waals surface area (Å²) in [5, 5.41) is 3.89. The van der Waals surface area contributed by atoms with E-state index in [1.807, 2.05) is 6.92 Å². The number of halogens is 3. The van der Waals surface area contributed by atoms with Crippen LogP contribution in [0.5, 0.6) is 0 Å². The molecule has 1 atom stereocenters. The van der Waals surface area contributed by atoms with E-state index >= 15 is 0 Å². The van der Waals surface area contributed by atoms with E-state index in [-0.39, 0.29) is 23.8 Å². The molecule has 7 nitrogen and oxygen atoms in total. The number of carbonyl (C=O) groups excluding carboxylic acids is 2. The molecule has 11 heteroatoms. The topological polar surface area (TPSA) is 86.8 Å². The maximum atomic E-state index is 14.1. The van der Waals surface area contributed by atoms with Crippen molar-refractivity contribution in [1.29, 1.82) is 0 Å². The number of anilines is 1. The number of benzene rings is 3. The monoisotopic (exact) mass is 623 g/mol. The van der Waals surface area contributed by atoms with Crippen molar-refractivity contribution in [2.45, 2.75) is 51.1 Å². The molecule has 0 spiro atoms. The Hall–Kier alpha value is -2.78. The summed E-state index contributed by atoms with van der Waals surface area (Å²) < 4.78 is 28.9. The van der Waals surface area contributed by atoms with Crippen molar-refractivity contribution in [3.63, 3.8) is 0 Å². The molecule has 3 aromatic carbocycles. The number of hydrogen-bond acceptors (Lipinski definition) is 4. The molecule has 0 heterocycles. The van der Waals surface area contributed by atoms with Crippen molar-refractivity contribution >= 4 is 62.3 Å². The van der Waals surface area contributed by atoms with Gasteiger partial charge in [0.2, 0.25) is 11.8 Å². The Morgan fingerprint density at radius 1 is 0.900 bits per heavy atom. The summed E-state index contributed by atoms with van der Waals surface area (Å²) in [5.41, 5.74) is 1.45. The molecule has 2 amide bonds. The minimum atomic E-state index is -4.20. The average Bonchev–Trinajstić information content (AvgIpc) is 2.92. The van der Waals surface area contributed by atoms with Crippen molar-refractivity contribution < 1.29 is 18.0 Å². The molecule has 0 saturated carbocycles. The number of nitrogens with one attached hydrogen (secondary N) is 1. The van der Waals surface area contributed by atoms with E-state index in [2.05, 4.69) is 5.32 Å². The predicted molar refractivity (Wildman–Crippen MR) is 162 cm³/mol. The molecule has 0 saturated heterocycles. The van der Waals surface area contributed by atoms with Crippen molar-refractivity contribution in [3.8, 4) is 0 Å². The first kappa shape index (κ1) is 31.7. The first-order valence-corrected chi connectivity index (χ1v) is 15.4.